The van der Waals surface area contributed by atoms with Gasteiger partial charge in [0.2, 0.25) is 0 Å². The van der Waals surface area contributed by atoms with Crippen LogP contribution < -0.4 is 5.43 Å². The zero-order valence-electron chi connectivity index (χ0n) is 10.9. The third-order valence-electron chi connectivity index (χ3n) is 2.69. The van der Waals surface area contributed by atoms with E-state index in [0.717, 1.165) is 17.0 Å². The van der Waals surface area contributed by atoms with Crippen LogP contribution in [0, 0.1) is 6.92 Å². The Morgan fingerprint density at radius 1 is 1.33 bits per heavy atom. The second-order valence-corrected chi connectivity index (χ2v) is 5.43. The highest BCUT2D eigenvalue weighted by atomic mass is 32.2. The lowest BCUT2D eigenvalue weighted by Crippen LogP contribution is -2.12. The number of allylic oxidation sites excluding steroid dienone is 2. The summed E-state index contributed by atoms with van der Waals surface area (Å²) in [7, 11) is 0. The van der Waals surface area contributed by atoms with Gasteiger partial charge in [0.15, 0.2) is 0 Å². The summed E-state index contributed by atoms with van der Waals surface area (Å²) in [6, 6.07) is 6.51. The van der Waals surface area contributed by atoms with Gasteiger partial charge in [0.25, 0.3) is 0 Å². The van der Waals surface area contributed by atoms with Crippen molar-refractivity contribution in [3.05, 3.63) is 53.8 Å². The molecule has 94 valence electrons. The van der Waals surface area contributed by atoms with Crippen molar-refractivity contribution in [2.24, 2.45) is 5.10 Å². The number of hydrogen-bond donors (Lipinski definition) is 1. The Labute approximate surface area is 113 Å². The molecule has 1 aliphatic heterocycles. The minimum atomic E-state index is 0.825. The van der Waals surface area contributed by atoms with Crippen LogP contribution in [0.25, 0.3) is 0 Å². The predicted molar refractivity (Wildman–Crippen MR) is 80.1 cm³/mol. The van der Waals surface area contributed by atoms with Crippen LogP contribution in [0.2, 0.25) is 0 Å². The molecule has 0 amide bonds. The molecule has 2 rings (SSSR count). The van der Waals surface area contributed by atoms with Crippen LogP contribution in [0.15, 0.2) is 52.6 Å². The van der Waals surface area contributed by atoms with Gasteiger partial charge in [0, 0.05) is 16.2 Å². The zero-order valence-corrected chi connectivity index (χ0v) is 11.7. The van der Waals surface area contributed by atoms with Crippen LogP contribution in [0.4, 0.5) is 0 Å². The van der Waals surface area contributed by atoms with Crippen LogP contribution in [0.1, 0.15) is 24.5 Å². The molecule has 1 aromatic rings. The van der Waals surface area contributed by atoms with E-state index in [1.165, 1.54) is 22.6 Å². The van der Waals surface area contributed by atoms with Crippen LogP contribution in [-0.4, -0.2) is 11.5 Å². The molecular weight excluding hydrogens is 240 g/mol. The Balaban J connectivity index is 2.19. The fourth-order valence-corrected chi connectivity index (χ4v) is 2.60. The van der Waals surface area contributed by atoms with Crippen LogP contribution in [-0.2, 0) is 0 Å². The standard InChI is InChI=1S/C15H18N2S/c1-4-9-18-15-8-6-13(10-11(15)2)14-7-5-12(3)16-17-14/h5-8,10,16H,3-4,9H2,1-2H3. The highest BCUT2D eigenvalue weighted by molar-refractivity contribution is 7.99. The molecule has 0 fully saturated rings. The quantitative estimate of drug-likeness (QED) is 0.829. The van der Waals surface area contributed by atoms with E-state index in [-0.39, 0.29) is 0 Å². The van der Waals surface area contributed by atoms with E-state index in [1.807, 2.05) is 23.9 Å². The lowest BCUT2D eigenvalue weighted by atomic mass is 10.1. The third-order valence-corrected chi connectivity index (χ3v) is 4.08. The van der Waals surface area contributed by atoms with Gasteiger partial charge in [0.05, 0.1) is 5.71 Å². The molecule has 1 aliphatic rings. The highest BCUT2D eigenvalue weighted by Gasteiger charge is 2.06. The summed E-state index contributed by atoms with van der Waals surface area (Å²) in [6.45, 7) is 8.16. The SMILES string of the molecule is C=C1C=CC(c2ccc(SCCC)c(C)c2)=NN1. The monoisotopic (exact) mass is 258 g/mol. The molecule has 0 saturated carbocycles. The van der Waals surface area contributed by atoms with Crippen molar-refractivity contribution >= 4 is 17.5 Å². The van der Waals surface area contributed by atoms with Gasteiger partial charge in [-0.2, -0.15) is 5.10 Å². The molecule has 18 heavy (non-hydrogen) atoms. The minimum Gasteiger partial charge on any atom is -0.279 e. The van der Waals surface area contributed by atoms with Crippen LogP contribution in [0.3, 0.4) is 0 Å². The van der Waals surface area contributed by atoms with Crippen molar-refractivity contribution in [2.45, 2.75) is 25.2 Å². The van der Waals surface area contributed by atoms with Crippen LogP contribution in [0.5, 0.6) is 0 Å². The van der Waals surface area contributed by atoms with Gasteiger partial charge in [-0.25, -0.2) is 0 Å². The Morgan fingerprint density at radius 2 is 2.17 bits per heavy atom. The maximum absolute atomic E-state index is 4.29. The average molecular weight is 258 g/mol. The van der Waals surface area contributed by atoms with Crippen molar-refractivity contribution in [1.82, 2.24) is 5.43 Å². The Morgan fingerprint density at radius 3 is 2.78 bits per heavy atom. The molecule has 0 aliphatic carbocycles. The molecular formula is C15H18N2S. The largest absolute Gasteiger partial charge is 0.279 e. The lowest BCUT2D eigenvalue weighted by Gasteiger charge is -2.11. The summed E-state index contributed by atoms with van der Waals surface area (Å²) in [5.41, 5.74) is 7.14. The van der Waals surface area contributed by atoms with E-state index in [0.29, 0.717) is 0 Å². The van der Waals surface area contributed by atoms with E-state index >= 15 is 0 Å². The first-order valence-corrected chi connectivity index (χ1v) is 7.13. The average Bonchev–Trinajstić information content (AvgIpc) is 2.38. The number of thioether (sulfide) groups is 1. The molecule has 0 spiro atoms. The molecule has 1 N–H and O–H groups in total. The number of hydrazone groups is 1. The van der Waals surface area contributed by atoms with Crippen molar-refractivity contribution in [3.63, 3.8) is 0 Å². The van der Waals surface area contributed by atoms with Crippen molar-refractivity contribution in [2.75, 3.05) is 5.75 Å². The van der Waals surface area contributed by atoms with Gasteiger partial charge < -0.3 is 0 Å². The summed E-state index contributed by atoms with van der Waals surface area (Å²) in [6.07, 6.45) is 5.14. The first kappa shape index (κ1) is 13.0. The first-order chi connectivity index (χ1) is 8.70. The normalized spacial score (nSPS) is 14.3. The predicted octanol–water partition coefficient (Wildman–Crippen LogP) is 3.87. The van der Waals surface area contributed by atoms with Gasteiger partial charge in [0.1, 0.15) is 0 Å². The maximum atomic E-state index is 4.29. The lowest BCUT2D eigenvalue weighted by molar-refractivity contribution is 0.914. The number of nitrogens with one attached hydrogen (secondary N) is 1. The topological polar surface area (TPSA) is 24.4 Å². The summed E-state index contributed by atoms with van der Waals surface area (Å²) in [5, 5.41) is 4.29. The number of aryl methyl sites for hydroxylation is 1. The van der Waals surface area contributed by atoms with Gasteiger partial charge >= 0.3 is 0 Å². The second-order valence-electron chi connectivity index (χ2n) is 4.30. The second kappa shape index (κ2) is 5.91. The van der Waals surface area contributed by atoms with E-state index in [4.69, 9.17) is 0 Å². The molecule has 2 nitrogen and oxygen atoms in total. The number of hydrogen-bond acceptors (Lipinski definition) is 3. The molecule has 1 heterocycles. The molecule has 0 atom stereocenters. The number of benzene rings is 1. The maximum Gasteiger partial charge on any atom is 0.0906 e. The van der Waals surface area contributed by atoms with Crippen LogP contribution >= 0.6 is 11.8 Å². The summed E-state index contributed by atoms with van der Waals surface area (Å²) in [5.74, 6) is 1.17. The number of rotatable bonds is 4. The van der Waals surface area contributed by atoms with Crippen molar-refractivity contribution < 1.29 is 0 Å². The molecule has 0 radical (unpaired) electrons. The Bertz CT molecular complexity index is 515. The van der Waals surface area contributed by atoms with Crippen molar-refractivity contribution in [1.29, 1.82) is 0 Å². The summed E-state index contributed by atoms with van der Waals surface area (Å²) >= 11 is 1.92. The van der Waals surface area contributed by atoms with Crippen molar-refractivity contribution in [3.8, 4) is 0 Å². The van der Waals surface area contributed by atoms with E-state index in [1.54, 1.807) is 0 Å². The molecule has 3 heteroatoms. The third kappa shape index (κ3) is 3.05. The highest BCUT2D eigenvalue weighted by Crippen LogP contribution is 2.24. The van der Waals surface area contributed by atoms with Gasteiger partial charge in [-0.05, 0) is 48.9 Å². The van der Waals surface area contributed by atoms with Gasteiger partial charge in [-0.1, -0.05) is 19.6 Å². The zero-order chi connectivity index (χ0) is 13.0. The van der Waals surface area contributed by atoms with Gasteiger partial charge in [-0.3, -0.25) is 5.43 Å². The summed E-state index contributed by atoms with van der Waals surface area (Å²) in [4.78, 5) is 1.36. The minimum absolute atomic E-state index is 0.825. The number of nitrogens with zero attached hydrogens (tertiary/aromatic N) is 1. The van der Waals surface area contributed by atoms with E-state index in [9.17, 15) is 0 Å². The fraction of sp³-hybridized carbons (Fsp3) is 0.267. The Hall–Kier alpha value is -1.48. The molecule has 0 unspecified atom stereocenters. The fourth-order valence-electron chi connectivity index (χ4n) is 1.73. The molecule has 0 saturated heterocycles. The molecule has 0 bridgehead atoms. The van der Waals surface area contributed by atoms with E-state index in [2.05, 4.69) is 49.2 Å². The summed E-state index contributed by atoms with van der Waals surface area (Å²) < 4.78 is 0. The van der Waals surface area contributed by atoms with Gasteiger partial charge in [-0.15, -0.1) is 11.8 Å². The molecule has 1 aromatic carbocycles. The van der Waals surface area contributed by atoms with E-state index < -0.39 is 0 Å². The smallest absolute Gasteiger partial charge is 0.0906 e. The Kier molecular flexibility index (Phi) is 4.26. The molecule has 0 aromatic heterocycles. The first-order valence-electron chi connectivity index (χ1n) is 6.15.